The molecular weight excluding hydrogens is 429 g/mol. The zero-order valence-corrected chi connectivity index (χ0v) is 15.8. The number of aromatic nitrogens is 4. The van der Waals surface area contributed by atoms with Crippen LogP contribution in [0.3, 0.4) is 0 Å². The molecule has 0 spiro atoms. The maximum Gasteiger partial charge on any atom is 0.387 e. The van der Waals surface area contributed by atoms with Crippen molar-refractivity contribution in [2.45, 2.75) is 6.61 Å². The molecule has 0 aliphatic rings. The second kappa shape index (κ2) is 8.78. The van der Waals surface area contributed by atoms with Gasteiger partial charge in [0.05, 0.1) is 10.6 Å². The van der Waals surface area contributed by atoms with E-state index in [0.717, 1.165) is 24.3 Å². The summed E-state index contributed by atoms with van der Waals surface area (Å²) in [4.78, 5) is 24.9. The Morgan fingerprint density at radius 1 is 1.17 bits per heavy atom. The molecule has 3 rings (SSSR count). The topological polar surface area (TPSA) is 111 Å². The van der Waals surface area contributed by atoms with Crippen LogP contribution in [0.25, 0.3) is 0 Å². The average molecular weight is 441 g/mol. The Kier molecular flexibility index (Phi) is 6.16. The summed E-state index contributed by atoms with van der Waals surface area (Å²) in [5.74, 6) is -2.80. The molecule has 0 unspecified atom stereocenters. The van der Waals surface area contributed by atoms with Crippen molar-refractivity contribution >= 4 is 35.1 Å². The molecule has 1 heterocycles. The minimum Gasteiger partial charge on any atom is -0.433 e. The third-order valence-corrected chi connectivity index (χ3v) is 4.13. The van der Waals surface area contributed by atoms with Gasteiger partial charge in [-0.3, -0.25) is 14.9 Å². The van der Waals surface area contributed by atoms with Crippen LogP contribution in [0.1, 0.15) is 20.7 Å². The number of benzene rings is 2. The van der Waals surface area contributed by atoms with Crippen molar-refractivity contribution in [3.05, 3.63) is 58.4 Å². The fraction of sp³-hybridized carbons (Fsp3) is 0.118. The van der Waals surface area contributed by atoms with Gasteiger partial charge in [-0.1, -0.05) is 22.8 Å². The van der Waals surface area contributed by atoms with Gasteiger partial charge in [-0.05, 0) is 40.8 Å². The summed E-state index contributed by atoms with van der Waals surface area (Å²) in [6.07, 6.45) is 0. The first-order chi connectivity index (χ1) is 14.3. The molecule has 3 aromatic rings. The monoisotopic (exact) mass is 440 g/mol. The molecule has 0 aliphatic carbocycles. The van der Waals surface area contributed by atoms with Gasteiger partial charge < -0.3 is 10.1 Å². The van der Waals surface area contributed by atoms with Crippen molar-refractivity contribution in [1.29, 1.82) is 0 Å². The van der Waals surface area contributed by atoms with E-state index in [-0.39, 0.29) is 22.1 Å². The number of alkyl halides is 2. The van der Waals surface area contributed by atoms with Crippen LogP contribution in [0, 0.1) is 5.82 Å². The summed E-state index contributed by atoms with van der Waals surface area (Å²) in [5.41, 5.74) is -0.681. The lowest BCUT2D eigenvalue weighted by Gasteiger charge is -2.16. The number of amides is 2. The molecule has 0 bridgehead atoms. The van der Waals surface area contributed by atoms with Crippen molar-refractivity contribution in [1.82, 2.24) is 20.2 Å². The molecule has 0 radical (unpaired) electrons. The molecule has 0 saturated heterocycles. The summed E-state index contributed by atoms with van der Waals surface area (Å²) in [6.45, 7) is -3.23. The minimum atomic E-state index is -3.23. The van der Waals surface area contributed by atoms with E-state index in [1.165, 1.54) is 23.9 Å². The highest BCUT2D eigenvalue weighted by molar-refractivity contribution is 6.38. The van der Waals surface area contributed by atoms with Gasteiger partial charge in [-0.25, -0.2) is 9.07 Å². The molecule has 2 aromatic carbocycles. The molecule has 0 atom stereocenters. The maximum absolute atomic E-state index is 13.4. The van der Waals surface area contributed by atoms with Crippen molar-refractivity contribution in [2.24, 2.45) is 7.05 Å². The number of nitrogens with one attached hydrogen (secondary N) is 2. The molecule has 0 fully saturated rings. The van der Waals surface area contributed by atoms with Crippen LogP contribution in [0.2, 0.25) is 5.02 Å². The number of aryl methyl sites for hydroxylation is 1. The van der Waals surface area contributed by atoms with Crippen LogP contribution in [0.5, 0.6) is 5.75 Å². The number of anilines is 2. The molecule has 2 amide bonds. The standard InChI is InChI=1S/C17H12ClF3N6O3/c1-27-17(24-25-26-27)23-15(29)10-5-6-11(30-16(20)21)13(12(10)18)22-14(28)8-3-2-4-9(19)7-8/h2-7,16H,1H3,(H,22,28)(H,23,24,26,29). The summed E-state index contributed by atoms with van der Waals surface area (Å²) < 4.78 is 44.5. The number of carbonyl (C=O) groups is 2. The molecule has 30 heavy (non-hydrogen) atoms. The maximum atomic E-state index is 13.4. The van der Waals surface area contributed by atoms with Crippen LogP contribution >= 0.6 is 11.6 Å². The number of hydrogen-bond acceptors (Lipinski definition) is 6. The Labute approximate surface area is 171 Å². The zero-order valence-electron chi connectivity index (χ0n) is 15.1. The van der Waals surface area contributed by atoms with Gasteiger partial charge >= 0.3 is 6.61 Å². The van der Waals surface area contributed by atoms with E-state index < -0.39 is 35.7 Å². The normalized spacial score (nSPS) is 10.7. The van der Waals surface area contributed by atoms with Gasteiger partial charge in [0, 0.05) is 12.6 Å². The van der Waals surface area contributed by atoms with E-state index in [1.807, 2.05) is 0 Å². The molecular formula is C17H12ClF3N6O3. The third kappa shape index (κ3) is 4.66. The number of ether oxygens (including phenoxy) is 1. The third-order valence-electron chi connectivity index (χ3n) is 3.74. The smallest absolute Gasteiger partial charge is 0.387 e. The highest BCUT2D eigenvalue weighted by Crippen LogP contribution is 2.37. The Bertz CT molecular complexity index is 1110. The van der Waals surface area contributed by atoms with E-state index in [1.54, 1.807) is 0 Å². The number of nitrogens with zero attached hydrogens (tertiary/aromatic N) is 4. The van der Waals surface area contributed by atoms with E-state index >= 15 is 0 Å². The summed E-state index contributed by atoms with van der Waals surface area (Å²) in [6, 6.07) is 6.81. The molecule has 0 saturated carbocycles. The molecule has 1 aromatic heterocycles. The molecule has 156 valence electrons. The van der Waals surface area contributed by atoms with Gasteiger partial charge in [-0.2, -0.15) is 8.78 Å². The quantitative estimate of drug-likeness (QED) is 0.609. The molecule has 2 N–H and O–H groups in total. The second-order valence-electron chi connectivity index (χ2n) is 5.72. The van der Waals surface area contributed by atoms with Crippen molar-refractivity contribution < 1.29 is 27.5 Å². The van der Waals surface area contributed by atoms with Gasteiger partial charge in [-0.15, -0.1) is 0 Å². The number of carbonyl (C=O) groups excluding carboxylic acids is 2. The first-order valence-electron chi connectivity index (χ1n) is 8.14. The zero-order chi connectivity index (χ0) is 21.8. The summed E-state index contributed by atoms with van der Waals surface area (Å²) in [5, 5.41) is 14.8. The van der Waals surface area contributed by atoms with Gasteiger partial charge in [0.2, 0.25) is 5.95 Å². The largest absolute Gasteiger partial charge is 0.433 e. The lowest BCUT2D eigenvalue weighted by Crippen LogP contribution is -2.19. The fourth-order valence-electron chi connectivity index (χ4n) is 2.36. The Morgan fingerprint density at radius 3 is 2.57 bits per heavy atom. The van der Waals surface area contributed by atoms with E-state index in [4.69, 9.17) is 11.6 Å². The van der Waals surface area contributed by atoms with Crippen molar-refractivity contribution in [3.8, 4) is 5.75 Å². The van der Waals surface area contributed by atoms with Crippen LogP contribution in [-0.2, 0) is 7.05 Å². The van der Waals surface area contributed by atoms with Gasteiger partial charge in [0.15, 0.2) is 5.75 Å². The lowest BCUT2D eigenvalue weighted by atomic mass is 10.1. The van der Waals surface area contributed by atoms with Crippen LogP contribution in [0.4, 0.5) is 24.8 Å². The Morgan fingerprint density at radius 2 is 1.93 bits per heavy atom. The Hall–Kier alpha value is -3.67. The summed E-state index contributed by atoms with van der Waals surface area (Å²) in [7, 11) is 1.47. The Balaban J connectivity index is 1.96. The number of halogens is 4. The highest BCUT2D eigenvalue weighted by Gasteiger charge is 2.23. The van der Waals surface area contributed by atoms with Crippen molar-refractivity contribution in [3.63, 3.8) is 0 Å². The van der Waals surface area contributed by atoms with E-state index in [9.17, 15) is 22.8 Å². The van der Waals surface area contributed by atoms with Gasteiger partial charge in [0.25, 0.3) is 11.8 Å². The summed E-state index contributed by atoms with van der Waals surface area (Å²) >= 11 is 6.20. The highest BCUT2D eigenvalue weighted by atomic mass is 35.5. The number of hydrogen-bond donors (Lipinski definition) is 2. The molecule has 13 heteroatoms. The predicted octanol–water partition coefficient (Wildman–Crippen LogP) is 3.11. The first kappa shape index (κ1) is 21.0. The minimum absolute atomic E-state index is 0.00526. The molecule has 9 nitrogen and oxygen atoms in total. The van der Waals surface area contributed by atoms with Crippen LogP contribution in [0.15, 0.2) is 36.4 Å². The number of rotatable bonds is 6. The number of tetrazole rings is 1. The fourth-order valence-corrected chi connectivity index (χ4v) is 2.65. The second-order valence-corrected chi connectivity index (χ2v) is 6.10. The molecule has 0 aliphatic heterocycles. The van der Waals surface area contributed by atoms with Gasteiger partial charge in [0.1, 0.15) is 11.5 Å². The van der Waals surface area contributed by atoms with E-state index in [0.29, 0.717) is 0 Å². The SMILES string of the molecule is Cn1nnnc1NC(=O)c1ccc(OC(F)F)c(NC(=O)c2cccc(F)c2)c1Cl. The lowest BCUT2D eigenvalue weighted by molar-refractivity contribution is -0.0493. The first-order valence-corrected chi connectivity index (χ1v) is 8.52. The van der Waals surface area contributed by atoms with Crippen molar-refractivity contribution in [2.75, 3.05) is 10.6 Å². The van der Waals surface area contributed by atoms with Crippen LogP contribution < -0.4 is 15.4 Å². The average Bonchev–Trinajstić information content (AvgIpc) is 3.08. The van der Waals surface area contributed by atoms with Crippen LogP contribution in [-0.4, -0.2) is 38.6 Å². The predicted molar refractivity (Wildman–Crippen MR) is 99.2 cm³/mol. The van der Waals surface area contributed by atoms with E-state index in [2.05, 4.69) is 30.9 Å².